The van der Waals surface area contributed by atoms with Gasteiger partial charge in [-0.15, -0.1) is 0 Å². The van der Waals surface area contributed by atoms with Gasteiger partial charge in [-0.25, -0.2) is 13.4 Å². The highest BCUT2D eigenvalue weighted by molar-refractivity contribution is 7.89. The Balaban J connectivity index is 1.40. The molecule has 1 aromatic carbocycles. The quantitative estimate of drug-likeness (QED) is 0.663. The molecule has 0 N–H and O–H groups in total. The number of nitrogens with zero attached hydrogens (tertiary/aromatic N) is 3. The van der Waals surface area contributed by atoms with Gasteiger partial charge in [-0.1, -0.05) is 0 Å². The largest absolute Gasteiger partial charge is 0.486 e. The van der Waals surface area contributed by atoms with E-state index in [-0.39, 0.29) is 4.90 Å². The van der Waals surface area contributed by atoms with Crippen molar-refractivity contribution in [3.05, 3.63) is 35.9 Å². The van der Waals surface area contributed by atoms with Crippen LogP contribution in [-0.4, -0.2) is 62.3 Å². The molecule has 1 aromatic heterocycles. The summed E-state index contributed by atoms with van der Waals surface area (Å²) in [6.45, 7) is 5.43. The molecule has 3 heterocycles. The number of imidazole rings is 1. The van der Waals surface area contributed by atoms with Crippen molar-refractivity contribution in [1.29, 1.82) is 0 Å². The third-order valence-electron chi connectivity index (χ3n) is 5.85. The number of methoxy groups -OCH3 is 1. The zero-order valence-corrected chi connectivity index (χ0v) is 18.4. The number of aromatic nitrogens is 2. The highest BCUT2D eigenvalue weighted by Gasteiger charge is 2.31. The summed E-state index contributed by atoms with van der Waals surface area (Å²) < 4.78 is 46.2. The molecule has 0 unspecified atom stereocenters. The molecule has 0 aliphatic carbocycles. The summed E-state index contributed by atoms with van der Waals surface area (Å²) in [6.07, 6.45) is 4.39. The Labute approximate surface area is 177 Å². The number of benzene rings is 1. The average molecular weight is 436 g/mol. The molecule has 30 heavy (non-hydrogen) atoms. The van der Waals surface area contributed by atoms with Crippen LogP contribution < -0.4 is 9.47 Å². The van der Waals surface area contributed by atoms with E-state index >= 15 is 0 Å². The number of rotatable bonds is 7. The predicted molar refractivity (Wildman–Crippen MR) is 111 cm³/mol. The van der Waals surface area contributed by atoms with Crippen LogP contribution in [0, 0.1) is 12.8 Å². The van der Waals surface area contributed by atoms with Gasteiger partial charge in [-0.05, 0) is 37.8 Å². The highest BCUT2D eigenvalue weighted by Crippen LogP contribution is 2.34. The van der Waals surface area contributed by atoms with Gasteiger partial charge in [0.15, 0.2) is 11.5 Å². The summed E-state index contributed by atoms with van der Waals surface area (Å²) in [5.74, 6) is 2.56. The summed E-state index contributed by atoms with van der Waals surface area (Å²) >= 11 is 0. The van der Waals surface area contributed by atoms with Crippen LogP contribution in [0.15, 0.2) is 29.3 Å². The molecule has 1 saturated heterocycles. The maximum absolute atomic E-state index is 13.1. The monoisotopic (exact) mass is 435 g/mol. The molecule has 2 aliphatic rings. The van der Waals surface area contributed by atoms with Gasteiger partial charge in [0.25, 0.3) is 0 Å². The van der Waals surface area contributed by atoms with Crippen molar-refractivity contribution in [3.8, 4) is 11.5 Å². The summed E-state index contributed by atoms with van der Waals surface area (Å²) in [4.78, 5) is 4.83. The number of hydrogen-bond donors (Lipinski definition) is 0. The van der Waals surface area contributed by atoms with Crippen molar-refractivity contribution in [3.63, 3.8) is 0 Å². The van der Waals surface area contributed by atoms with Crippen molar-refractivity contribution >= 4 is 10.0 Å². The SMILES string of the molecule is COCCn1c(C)cnc1CC1CCN(S(=O)(=O)c2ccc3c(c2)OCCO3)CC1. The molecule has 8 nitrogen and oxygen atoms in total. The Morgan fingerprint density at radius 3 is 2.63 bits per heavy atom. The summed E-state index contributed by atoms with van der Waals surface area (Å²) in [5.41, 5.74) is 1.13. The number of aryl methyl sites for hydroxylation is 1. The van der Waals surface area contributed by atoms with Gasteiger partial charge in [0, 0.05) is 51.1 Å². The molecule has 0 radical (unpaired) electrons. The van der Waals surface area contributed by atoms with E-state index in [9.17, 15) is 8.42 Å². The van der Waals surface area contributed by atoms with Crippen LogP contribution in [0.5, 0.6) is 11.5 Å². The van der Waals surface area contributed by atoms with Crippen molar-refractivity contribution in [2.75, 3.05) is 40.0 Å². The van der Waals surface area contributed by atoms with Gasteiger partial charge in [0.2, 0.25) is 10.0 Å². The van der Waals surface area contributed by atoms with Crippen molar-refractivity contribution in [2.24, 2.45) is 5.92 Å². The van der Waals surface area contributed by atoms with E-state index in [1.54, 1.807) is 29.6 Å². The van der Waals surface area contributed by atoms with Crippen LogP contribution in [0.4, 0.5) is 0 Å². The zero-order valence-electron chi connectivity index (χ0n) is 17.5. The molecule has 0 amide bonds. The minimum atomic E-state index is -3.55. The molecule has 4 rings (SSSR count). The van der Waals surface area contributed by atoms with E-state index in [2.05, 4.69) is 16.5 Å². The Hall–Kier alpha value is -2.10. The van der Waals surface area contributed by atoms with Gasteiger partial charge < -0.3 is 18.8 Å². The lowest BCUT2D eigenvalue weighted by Gasteiger charge is -2.31. The van der Waals surface area contributed by atoms with E-state index in [1.807, 2.05) is 6.20 Å². The fourth-order valence-electron chi connectivity index (χ4n) is 4.11. The van der Waals surface area contributed by atoms with Gasteiger partial charge >= 0.3 is 0 Å². The lowest BCUT2D eigenvalue weighted by Crippen LogP contribution is -2.39. The van der Waals surface area contributed by atoms with Crippen LogP contribution in [0.1, 0.15) is 24.4 Å². The van der Waals surface area contributed by atoms with Crippen molar-refractivity contribution < 1.29 is 22.6 Å². The molecule has 0 bridgehead atoms. The van der Waals surface area contributed by atoms with E-state index in [0.29, 0.717) is 50.3 Å². The van der Waals surface area contributed by atoms with Crippen molar-refractivity contribution in [2.45, 2.75) is 37.6 Å². The van der Waals surface area contributed by atoms with Crippen LogP contribution in [-0.2, 0) is 27.7 Å². The summed E-state index contributed by atoms with van der Waals surface area (Å²) in [7, 11) is -1.85. The van der Waals surface area contributed by atoms with Gasteiger partial charge in [0.1, 0.15) is 19.0 Å². The fourth-order valence-corrected chi connectivity index (χ4v) is 5.59. The highest BCUT2D eigenvalue weighted by atomic mass is 32.2. The maximum Gasteiger partial charge on any atom is 0.243 e. The molecule has 1 fully saturated rings. The molecule has 164 valence electrons. The molecular weight excluding hydrogens is 406 g/mol. The molecule has 9 heteroatoms. The Kier molecular flexibility index (Phi) is 6.31. The number of sulfonamides is 1. The van der Waals surface area contributed by atoms with Crippen LogP contribution in [0.2, 0.25) is 0 Å². The van der Waals surface area contributed by atoms with Crippen molar-refractivity contribution in [1.82, 2.24) is 13.9 Å². The predicted octanol–water partition coefficient (Wildman–Crippen LogP) is 2.25. The second-order valence-electron chi connectivity index (χ2n) is 7.82. The minimum Gasteiger partial charge on any atom is -0.486 e. The number of hydrogen-bond acceptors (Lipinski definition) is 6. The minimum absolute atomic E-state index is 0.260. The first-order valence-electron chi connectivity index (χ1n) is 10.4. The number of piperidine rings is 1. The molecule has 0 atom stereocenters. The maximum atomic E-state index is 13.1. The van der Waals surface area contributed by atoms with Gasteiger partial charge in [0.05, 0.1) is 11.5 Å². The molecule has 0 saturated carbocycles. The molecule has 2 aromatic rings. The smallest absolute Gasteiger partial charge is 0.243 e. The summed E-state index contributed by atoms with van der Waals surface area (Å²) in [6, 6.07) is 4.85. The van der Waals surface area contributed by atoms with E-state index in [0.717, 1.165) is 37.3 Å². The first-order chi connectivity index (χ1) is 14.5. The Morgan fingerprint density at radius 1 is 1.17 bits per heavy atom. The Bertz CT molecular complexity index is 981. The topological polar surface area (TPSA) is 82.9 Å². The normalized spacial score (nSPS) is 17.9. The fraction of sp³-hybridized carbons (Fsp3) is 0.571. The standard InChI is InChI=1S/C21H29N3O5S/c1-16-15-22-21(24(16)9-10-27-2)13-17-5-7-23(8-6-17)30(25,26)18-3-4-19-20(14-18)29-12-11-28-19/h3-4,14-15,17H,5-13H2,1-2H3. The van der Waals surface area contributed by atoms with E-state index in [1.165, 1.54) is 0 Å². The third kappa shape index (κ3) is 4.33. The van der Waals surface area contributed by atoms with Crippen LogP contribution >= 0.6 is 0 Å². The van der Waals surface area contributed by atoms with Crippen LogP contribution in [0.25, 0.3) is 0 Å². The second-order valence-corrected chi connectivity index (χ2v) is 9.76. The van der Waals surface area contributed by atoms with Gasteiger partial charge in [-0.3, -0.25) is 0 Å². The van der Waals surface area contributed by atoms with E-state index < -0.39 is 10.0 Å². The van der Waals surface area contributed by atoms with Crippen LogP contribution in [0.3, 0.4) is 0 Å². The molecule has 0 spiro atoms. The lowest BCUT2D eigenvalue weighted by molar-refractivity contribution is 0.171. The lowest BCUT2D eigenvalue weighted by atomic mass is 9.94. The molecule has 2 aliphatic heterocycles. The summed E-state index contributed by atoms with van der Waals surface area (Å²) in [5, 5.41) is 0. The molecular formula is C21H29N3O5S. The zero-order chi connectivity index (χ0) is 21.1. The number of ether oxygens (including phenoxy) is 3. The third-order valence-corrected chi connectivity index (χ3v) is 7.75. The number of fused-ring (bicyclic) bond motifs is 1. The first kappa shape index (κ1) is 21.1. The Morgan fingerprint density at radius 2 is 1.90 bits per heavy atom. The first-order valence-corrected chi connectivity index (χ1v) is 11.8. The van der Waals surface area contributed by atoms with E-state index in [4.69, 9.17) is 14.2 Å². The average Bonchev–Trinajstić information content (AvgIpc) is 3.11. The second kappa shape index (κ2) is 8.95. The van der Waals surface area contributed by atoms with Gasteiger partial charge in [-0.2, -0.15) is 4.31 Å².